The summed E-state index contributed by atoms with van der Waals surface area (Å²) in [5.41, 5.74) is 6.39. The van der Waals surface area contributed by atoms with E-state index in [1.165, 1.54) is 4.90 Å². The Balaban J connectivity index is 2.82. The molecule has 0 bridgehead atoms. The van der Waals surface area contributed by atoms with Gasteiger partial charge in [-0.3, -0.25) is 9.59 Å². The van der Waals surface area contributed by atoms with Gasteiger partial charge in [-0.25, -0.2) is 0 Å². The number of anilines is 1. The predicted octanol–water partition coefficient (Wildman–Crippen LogP) is 1.40. The van der Waals surface area contributed by atoms with Gasteiger partial charge in [0.2, 0.25) is 5.43 Å². The van der Waals surface area contributed by atoms with Crippen LogP contribution in [-0.4, -0.2) is 40.7 Å². The molecule has 0 aliphatic rings. The van der Waals surface area contributed by atoms with E-state index in [-0.39, 0.29) is 29.7 Å². The third-order valence-electron chi connectivity index (χ3n) is 3.80. The Morgan fingerprint density at radius 2 is 2.00 bits per heavy atom. The van der Waals surface area contributed by atoms with Crippen LogP contribution in [0.4, 0.5) is 5.69 Å². The first-order valence-corrected chi connectivity index (χ1v) is 7.49. The van der Waals surface area contributed by atoms with Gasteiger partial charge >= 0.3 is 0 Å². The largest absolute Gasteiger partial charge is 0.398 e. The summed E-state index contributed by atoms with van der Waals surface area (Å²) >= 11 is 0. The topological polar surface area (TPSA) is 88.6 Å². The van der Waals surface area contributed by atoms with Crippen LogP contribution in [-0.2, 0) is 5.54 Å². The molecule has 0 aliphatic heterocycles. The molecule has 0 atom stereocenters. The molecule has 0 fully saturated rings. The molecule has 1 amide bonds. The Kier molecular flexibility index (Phi) is 4.47. The van der Waals surface area contributed by atoms with Gasteiger partial charge in [0.15, 0.2) is 0 Å². The molecule has 0 saturated heterocycles. The van der Waals surface area contributed by atoms with Crippen LogP contribution in [0.25, 0.3) is 10.9 Å². The zero-order chi connectivity index (χ0) is 17.4. The number of fused-ring (bicyclic) bond motifs is 1. The number of likely N-dealkylation sites (N-methyl/N-ethyl adjacent to an activating group) is 1. The highest BCUT2D eigenvalue weighted by molar-refractivity contribution is 6.00. The number of rotatable bonds is 3. The lowest BCUT2D eigenvalue weighted by molar-refractivity contribution is 0.0765. The molecule has 1 aromatic carbocycles. The molecule has 0 unspecified atom stereocenters. The highest BCUT2D eigenvalue weighted by Crippen LogP contribution is 2.24. The Morgan fingerprint density at radius 1 is 1.35 bits per heavy atom. The molecule has 3 N–H and O–H groups in total. The van der Waals surface area contributed by atoms with Gasteiger partial charge in [-0.1, -0.05) is 6.07 Å². The van der Waals surface area contributed by atoms with E-state index >= 15 is 0 Å². The van der Waals surface area contributed by atoms with Crippen LogP contribution in [0.3, 0.4) is 0 Å². The summed E-state index contributed by atoms with van der Waals surface area (Å²) in [7, 11) is 1.55. The maximum absolute atomic E-state index is 12.8. The van der Waals surface area contributed by atoms with Crippen molar-refractivity contribution in [2.45, 2.75) is 26.3 Å². The first-order valence-electron chi connectivity index (χ1n) is 7.49. The van der Waals surface area contributed by atoms with E-state index in [1.807, 2.05) is 31.4 Å². The van der Waals surface area contributed by atoms with E-state index in [9.17, 15) is 9.59 Å². The van der Waals surface area contributed by atoms with Crippen molar-refractivity contribution in [1.82, 2.24) is 9.47 Å². The molecule has 1 aromatic heterocycles. The fraction of sp³-hybridized carbons (Fsp3) is 0.412. The maximum atomic E-state index is 12.8. The zero-order valence-electron chi connectivity index (χ0n) is 14.0. The standard InChI is InChI=1S/C17H23N3O3/c1-17(2,3)20-10-11(16(23)19(4)8-9-21)15(22)14-12(18)6-5-7-13(14)20/h5-7,10,21H,8-9,18H2,1-4H3. The number of aliphatic hydroxyl groups excluding tert-OH is 1. The fourth-order valence-electron chi connectivity index (χ4n) is 2.56. The maximum Gasteiger partial charge on any atom is 0.259 e. The molecule has 0 saturated carbocycles. The van der Waals surface area contributed by atoms with Crippen LogP contribution in [0.15, 0.2) is 29.2 Å². The highest BCUT2D eigenvalue weighted by atomic mass is 16.3. The number of hydrogen-bond acceptors (Lipinski definition) is 4. The average Bonchev–Trinajstić information content (AvgIpc) is 2.46. The van der Waals surface area contributed by atoms with Gasteiger partial charge in [0.1, 0.15) is 5.56 Å². The first kappa shape index (κ1) is 17.0. The van der Waals surface area contributed by atoms with Crippen molar-refractivity contribution in [3.63, 3.8) is 0 Å². The van der Waals surface area contributed by atoms with Crippen LogP contribution >= 0.6 is 0 Å². The lowest BCUT2D eigenvalue weighted by atomic mass is 10.0. The third-order valence-corrected chi connectivity index (χ3v) is 3.80. The molecule has 0 spiro atoms. The second-order valence-corrected chi connectivity index (χ2v) is 6.60. The number of nitrogens with two attached hydrogens (primary N) is 1. The highest BCUT2D eigenvalue weighted by Gasteiger charge is 2.23. The molecule has 23 heavy (non-hydrogen) atoms. The Bertz CT molecular complexity index is 803. The Morgan fingerprint density at radius 3 is 2.57 bits per heavy atom. The number of pyridine rings is 1. The number of carbonyl (C=O) groups excluding carboxylic acids is 1. The van der Waals surface area contributed by atoms with Crippen molar-refractivity contribution < 1.29 is 9.90 Å². The number of benzene rings is 1. The van der Waals surface area contributed by atoms with Crippen LogP contribution in [0.2, 0.25) is 0 Å². The minimum atomic E-state index is -0.424. The zero-order valence-corrected chi connectivity index (χ0v) is 14.0. The normalized spacial score (nSPS) is 11.7. The minimum Gasteiger partial charge on any atom is -0.398 e. The summed E-state index contributed by atoms with van der Waals surface area (Å²) in [5, 5.41) is 9.36. The van der Waals surface area contributed by atoms with Gasteiger partial charge in [-0.2, -0.15) is 0 Å². The SMILES string of the molecule is CN(CCO)C(=O)c1cn(C(C)(C)C)c2cccc(N)c2c1=O. The van der Waals surface area contributed by atoms with Gasteiger partial charge in [-0.05, 0) is 32.9 Å². The Hall–Kier alpha value is -2.34. The monoisotopic (exact) mass is 317 g/mol. The van der Waals surface area contributed by atoms with Crippen LogP contribution in [0, 0.1) is 0 Å². The molecule has 0 radical (unpaired) electrons. The smallest absolute Gasteiger partial charge is 0.259 e. The summed E-state index contributed by atoms with van der Waals surface area (Å²) in [6.45, 7) is 5.98. The third kappa shape index (κ3) is 3.07. The summed E-state index contributed by atoms with van der Waals surface area (Å²) in [6.07, 6.45) is 1.58. The lowest BCUT2D eigenvalue weighted by Crippen LogP contribution is -2.35. The number of nitrogen functional groups attached to an aromatic ring is 1. The van der Waals surface area contributed by atoms with Crippen LogP contribution in [0.1, 0.15) is 31.1 Å². The lowest BCUT2D eigenvalue weighted by Gasteiger charge is -2.27. The summed E-state index contributed by atoms with van der Waals surface area (Å²) in [5.74, 6) is -0.424. The van der Waals surface area contributed by atoms with Crippen molar-refractivity contribution in [3.05, 3.63) is 40.2 Å². The Labute approximate surface area is 135 Å². The van der Waals surface area contributed by atoms with Crippen molar-refractivity contribution in [2.24, 2.45) is 0 Å². The van der Waals surface area contributed by atoms with Crippen molar-refractivity contribution in [2.75, 3.05) is 25.9 Å². The van der Waals surface area contributed by atoms with E-state index < -0.39 is 5.91 Å². The van der Waals surface area contributed by atoms with Gasteiger partial charge in [0.05, 0.1) is 17.5 Å². The van der Waals surface area contributed by atoms with E-state index in [4.69, 9.17) is 10.8 Å². The molecular weight excluding hydrogens is 294 g/mol. The van der Waals surface area contributed by atoms with Gasteiger partial charge < -0.3 is 20.3 Å². The second kappa shape index (κ2) is 6.04. The second-order valence-electron chi connectivity index (χ2n) is 6.60. The molecular formula is C17H23N3O3. The number of amides is 1. The van der Waals surface area contributed by atoms with Gasteiger partial charge in [0, 0.05) is 31.0 Å². The molecule has 1 heterocycles. The molecule has 6 nitrogen and oxygen atoms in total. The number of nitrogens with zero attached hydrogens (tertiary/aromatic N) is 2. The van der Waals surface area contributed by atoms with Crippen molar-refractivity contribution in [1.29, 1.82) is 0 Å². The van der Waals surface area contributed by atoms with Crippen molar-refractivity contribution in [3.8, 4) is 0 Å². The van der Waals surface area contributed by atoms with E-state index in [2.05, 4.69) is 0 Å². The summed E-state index contributed by atoms with van der Waals surface area (Å²) in [6, 6.07) is 5.27. The van der Waals surface area contributed by atoms with Gasteiger partial charge in [0.25, 0.3) is 5.91 Å². The van der Waals surface area contributed by atoms with Gasteiger partial charge in [-0.15, -0.1) is 0 Å². The number of hydrogen-bond donors (Lipinski definition) is 2. The molecule has 2 aromatic rings. The quantitative estimate of drug-likeness (QED) is 0.838. The molecule has 124 valence electrons. The summed E-state index contributed by atoms with van der Waals surface area (Å²) < 4.78 is 1.89. The molecule has 6 heteroatoms. The average molecular weight is 317 g/mol. The number of aliphatic hydroxyl groups is 1. The fourth-order valence-corrected chi connectivity index (χ4v) is 2.56. The number of carbonyl (C=O) groups is 1. The minimum absolute atomic E-state index is 0.0567. The van der Waals surface area contributed by atoms with Crippen molar-refractivity contribution >= 4 is 22.5 Å². The van der Waals surface area contributed by atoms with E-state index in [0.29, 0.717) is 16.6 Å². The first-order chi connectivity index (χ1) is 10.7. The molecule has 0 aliphatic carbocycles. The van der Waals surface area contributed by atoms with E-state index in [0.717, 1.165) is 0 Å². The van der Waals surface area contributed by atoms with Crippen LogP contribution < -0.4 is 11.2 Å². The number of aromatic nitrogens is 1. The van der Waals surface area contributed by atoms with E-state index in [1.54, 1.807) is 25.4 Å². The predicted molar refractivity (Wildman–Crippen MR) is 91.7 cm³/mol. The molecule has 2 rings (SSSR count). The summed E-state index contributed by atoms with van der Waals surface area (Å²) in [4.78, 5) is 26.7. The van der Waals surface area contributed by atoms with Crippen LogP contribution in [0.5, 0.6) is 0 Å².